The van der Waals surface area contributed by atoms with Crippen molar-refractivity contribution in [1.82, 2.24) is 0 Å². The zero-order chi connectivity index (χ0) is 20.0. The molecule has 0 spiro atoms. The lowest BCUT2D eigenvalue weighted by Gasteiger charge is -2.10. The van der Waals surface area contributed by atoms with Gasteiger partial charge in [-0.15, -0.1) is 0 Å². The quantitative estimate of drug-likeness (QED) is 0.138. The van der Waals surface area contributed by atoms with E-state index in [-0.39, 0.29) is 0 Å². The number of hydrogen-bond acceptors (Lipinski definition) is 0. The molecule has 0 aromatic heterocycles. The zero-order valence-electron chi connectivity index (χ0n) is 19.2. The highest BCUT2D eigenvalue weighted by atomic mass is 14.1. The molecule has 0 fully saturated rings. The lowest BCUT2D eigenvalue weighted by atomic mass is 9.97. The van der Waals surface area contributed by atoms with Crippen LogP contribution in [0.15, 0.2) is 12.2 Å². The van der Waals surface area contributed by atoms with Gasteiger partial charge in [-0.25, -0.2) is 0 Å². The van der Waals surface area contributed by atoms with Gasteiger partial charge in [-0.2, -0.15) is 0 Å². The fourth-order valence-electron chi connectivity index (χ4n) is 3.92. The summed E-state index contributed by atoms with van der Waals surface area (Å²) in [5, 5.41) is 0. The normalized spacial score (nSPS) is 14.1. The van der Waals surface area contributed by atoms with Crippen LogP contribution in [0.5, 0.6) is 0 Å². The second-order valence-corrected chi connectivity index (χ2v) is 9.01. The van der Waals surface area contributed by atoms with Gasteiger partial charge in [-0.05, 0) is 37.5 Å². The Morgan fingerprint density at radius 1 is 0.481 bits per heavy atom. The van der Waals surface area contributed by atoms with Gasteiger partial charge in [0, 0.05) is 0 Å². The molecule has 0 heterocycles. The molecular formula is C27H52. The van der Waals surface area contributed by atoms with Gasteiger partial charge < -0.3 is 0 Å². The Hall–Kier alpha value is -0.260. The second kappa shape index (κ2) is 22.0. The van der Waals surface area contributed by atoms with Crippen molar-refractivity contribution in [1.29, 1.82) is 0 Å². The van der Waals surface area contributed by atoms with Crippen LogP contribution in [-0.2, 0) is 0 Å². The Balaban J connectivity index is 3.16. The Morgan fingerprint density at radius 2 is 0.963 bits per heavy atom. The van der Waals surface area contributed by atoms with E-state index in [0.717, 1.165) is 24.7 Å². The van der Waals surface area contributed by atoms with Crippen LogP contribution in [0, 0.1) is 25.7 Å². The Kier molecular flexibility index (Phi) is 21.8. The molecular weight excluding hydrogens is 324 g/mol. The summed E-state index contributed by atoms with van der Waals surface area (Å²) in [6, 6.07) is 0. The summed E-state index contributed by atoms with van der Waals surface area (Å²) in [5.41, 5.74) is 0. The summed E-state index contributed by atoms with van der Waals surface area (Å²) in [4.78, 5) is 0. The van der Waals surface area contributed by atoms with Crippen LogP contribution in [0.25, 0.3) is 0 Å². The molecule has 0 nitrogen and oxygen atoms in total. The van der Waals surface area contributed by atoms with E-state index >= 15 is 0 Å². The van der Waals surface area contributed by atoms with Crippen LogP contribution in [0.1, 0.15) is 136 Å². The Bertz CT molecular complexity index is 290. The smallest absolute Gasteiger partial charge is 0.0348 e. The third-order valence-electron chi connectivity index (χ3n) is 5.95. The Morgan fingerprint density at radius 3 is 1.56 bits per heavy atom. The minimum Gasteiger partial charge on any atom is -0.0885 e. The lowest BCUT2D eigenvalue weighted by Crippen LogP contribution is -1.94. The minimum absolute atomic E-state index is 0.847. The number of rotatable bonds is 21. The summed E-state index contributed by atoms with van der Waals surface area (Å²) in [6.07, 6.45) is 30.8. The SMILES string of the molecule is [CH2]CCCC(C)CCCCCCCCCCCCC=CCCC(C)CC[CH2]. The van der Waals surface area contributed by atoms with Crippen molar-refractivity contribution in [3.8, 4) is 0 Å². The second-order valence-electron chi connectivity index (χ2n) is 9.01. The van der Waals surface area contributed by atoms with E-state index < -0.39 is 0 Å². The van der Waals surface area contributed by atoms with Gasteiger partial charge in [0.2, 0.25) is 0 Å². The van der Waals surface area contributed by atoms with Crippen LogP contribution < -0.4 is 0 Å². The van der Waals surface area contributed by atoms with Crippen molar-refractivity contribution in [3.05, 3.63) is 26.0 Å². The highest BCUT2D eigenvalue weighted by Gasteiger charge is 2.01. The highest BCUT2D eigenvalue weighted by molar-refractivity contribution is 4.82. The number of hydrogen-bond donors (Lipinski definition) is 0. The summed E-state index contributed by atoms with van der Waals surface area (Å²) in [5.74, 6) is 1.77. The van der Waals surface area contributed by atoms with Crippen molar-refractivity contribution in [2.24, 2.45) is 11.8 Å². The monoisotopic (exact) mass is 376 g/mol. The van der Waals surface area contributed by atoms with Crippen molar-refractivity contribution in [3.63, 3.8) is 0 Å². The zero-order valence-corrected chi connectivity index (χ0v) is 19.2. The predicted octanol–water partition coefficient (Wildman–Crippen LogP) is 9.89. The minimum atomic E-state index is 0.847. The average molecular weight is 377 g/mol. The molecule has 160 valence electrons. The molecule has 0 bridgehead atoms. The van der Waals surface area contributed by atoms with Gasteiger partial charge in [-0.3, -0.25) is 0 Å². The molecule has 0 aromatic carbocycles. The molecule has 0 heteroatoms. The lowest BCUT2D eigenvalue weighted by molar-refractivity contribution is 0.443. The van der Waals surface area contributed by atoms with Gasteiger partial charge in [-0.1, -0.05) is 136 Å². The van der Waals surface area contributed by atoms with Crippen LogP contribution in [-0.4, -0.2) is 0 Å². The maximum atomic E-state index is 3.94. The topological polar surface area (TPSA) is 0 Å². The molecule has 0 aliphatic heterocycles. The van der Waals surface area contributed by atoms with E-state index in [1.807, 2.05) is 0 Å². The van der Waals surface area contributed by atoms with Crippen molar-refractivity contribution in [2.75, 3.05) is 0 Å². The number of unbranched alkanes of at least 4 members (excludes halogenated alkanes) is 11. The molecule has 0 aliphatic rings. The molecule has 0 N–H and O–H groups in total. The average Bonchev–Trinajstić information content (AvgIpc) is 2.66. The maximum Gasteiger partial charge on any atom is -0.0348 e. The van der Waals surface area contributed by atoms with Gasteiger partial charge in [0.05, 0.1) is 0 Å². The van der Waals surface area contributed by atoms with Gasteiger partial charge in [0.15, 0.2) is 0 Å². The third kappa shape index (κ3) is 21.9. The number of allylic oxidation sites excluding steroid dienone is 2. The fourth-order valence-corrected chi connectivity index (χ4v) is 3.92. The fraction of sp³-hybridized carbons (Fsp3) is 0.852. The van der Waals surface area contributed by atoms with Crippen molar-refractivity contribution >= 4 is 0 Å². The molecule has 0 amide bonds. The molecule has 0 saturated heterocycles. The van der Waals surface area contributed by atoms with E-state index in [1.165, 1.54) is 109 Å². The molecule has 0 aromatic rings. The largest absolute Gasteiger partial charge is 0.0885 e. The van der Waals surface area contributed by atoms with Gasteiger partial charge in [0.25, 0.3) is 0 Å². The summed E-state index contributed by atoms with van der Waals surface area (Å²) >= 11 is 0. The first-order chi connectivity index (χ1) is 13.2. The first-order valence-electron chi connectivity index (χ1n) is 12.4. The van der Waals surface area contributed by atoms with Crippen LogP contribution in [0.4, 0.5) is 0 Å². The first kappa shape index (κ1) is 26.7. The molecule has 0 rings (SSSR count). The van der Waals surface area contributed by atoms with E-state index in [1.54, 1.807) is 0 Å². The van der Waals surface area contributed by atoms with Crippen molar-refractivity contribution in [2.45, 2.75) is 136 Å². The van der Waals surface area contributed by atoms with Crippen LogP contribution >= 0.6 is 0 Å². The van der Waals surface area contributed by atoms with Crippen LogP contribution in [0.3, 0.4) is 0 Å². The third-order valence-corrected chi connectivity index (χ3v) is 5.95. The highest BCUT2D eigenvalue weighted by Crippen LogP contribution is 2.17. The maximum absolute atomic E-state index is 3.94. The van der Waals surface area contributed by atoms with Crippen LogP contribution in [0.2, 0.25) is 0 Å². The van der Waals surface area contributed by atoms with E-state index in [2.05, 4.69) is 39.8 Å². The van der Waals surface area contributed by atoms with E-state index in [9.17, 15) is 0 Å². The Labute approximate surface area is 174 Å². The predicted molar refractivity (Wildman–Crippen MR) is 126 cm³/mol. The van der Waals surface area contributed by atoms with Gasteiger partial charge in [0.1, 0.15) is 0 Å². The molecule has 0 saturated carbocycles. The van der Waals surface area contributed by atoms with Crippen molar-refractivity contribution < 1.29 is 0 Å². The first-order valence-corrected chi connectivity index (χ1v) is 12.4. The standard InChI is InChI=1S/C27H52/c1-5-7-23-27(4)25-21-19-17-15-13-11-9-8-10-12-14-16-18-20-24-26(3)22-6-2/h16,18,26-27H,1-2,5-15,17,19-25H2,3-4H3. The van der Waals surface area contributed by atoms with E-state index in [4.69, 9.17) is 0 Å². The van der Waals surface area contributed by atoms with Gasteiger partial charge >= 0.3 is 0 Å². The summed E-state index contributed by atoms with van der Waals surface area (Å²) in [6.45, 7) is 12.6. The molecule has 2 radical (unpaired) electrons. The molecule has 2 atom stereocenters. The molecule has 2 unspecified atom stereocenters. The summed E-state index contributed by atoms with van der Waals surface area (Å²) in [7, 11) is 0. The molecule has 27 heavy (non-hydrogen) atoms. The molecule has 0 aliphatic carbocycles. The summed E-state index contributed by atoms with van der Waals surface area (Å²) < 4.78 is 0. The van der Waals surface area contributed by atoms with E-state index in [0.29, 0.717) is 0 Å².